The van der Waals surface area contributed by atoms with Gasteiger partial charge in [0.1, 0.15) is 5.78 Å². The molecule has 5 heteroatoms. The fraction of sp³-hybridized carbons (Fsp3) is 0.261. The molecular weight excluding hydrogens is 352 g/mol. The van der Waals surface area contributed by atoms with Crippen LogP contribution in [0.3, 0.4) is 0 Å². The molecule has 0 aliphatic rings. The van der Waals surface area contributed by atoms with Crippen molar-refractivity contribution in [2.75, 3.05) is 0 Å². The molecule has 0 atom stereocenters. The Morgan fingerprint density at radius 2 is 1.75 bits per heavy atom. The second-order valence-electron chi connectivity index (χ2n) is 8.02. The summed E-state index contributed by atoms with van der Waals surface area (Å²) in [5.74, 6) is -0.373. The van der Waals surface area contributed by atoms with Crippen LogP contribution in [0.15, 0.2) is 48.5 Å². The first-order chi connectivity index (χ1) is 13.2. The summed E-state index contributed by atoms with van der Waals surface area (Å²) in [5, 5.41) is 9.68. The van der Waals surface area contributed by atoms with Gasteiger partial charge in [-0.25, -0.2) is 5.48 Å². The van der Waals surface area contributed by atoms with Crippen molar-refractivity contribution in [3.05, 3.63) is 65.4 Å². The standard InChI is InChI=1S/C23H24N2O3/c1-14-19(22(27)25-28)12-18-9-8-17(13-20(18)24-14)16-7-5-6-15(10-16)11-21(26)23(2,3)4/h5-10,12-13,28H,11H2,1-4H3,(H,25,27). The molecule has 144 valence electrons. The first-order valence-electron chi connectivity index (χ1n) is 9.17. The Labute approximate surface area is 164 Å². The van der Waals surface area contributed by atoms with Crippen molar-refractivity contribution in [3.8, 4) is 11.1 Å². The zero-order valence-electron chi connectivity index (χ0n) is 16.5. The number of nitrogens with zero attached hydrogens (tertiary/aromatic N) is 1. The van der Waals surface area contributed by atoms with Crippen molar-refractivity contribution in [2.24, 2.45) is 5.41 Å². The first kappa shape index (κ1) is 19.7. The number of carbonyl (C=O) groups excluding carboxylic acids is 2. The highest BCUT2D eigenvalue weighted by molar-refractivity contribution is 5.98. The van der Waals surface area contributed by atoms with Gasteiger partial charge in [-0.1, -0.05) is 57.2 Å². The van der Waals surface area contributed by atoms with Gasteiger partial charge in [0.05, 0.1) is 16.8 Å². The summed E-state index contributed by atoms with van der Waals surface area (Å²) in [6, 6.07) is 15.5. The molecule has 0 aliphatic carbocycles. The highest BCUT2D eigenvalue weighted by Crippen LogP contribution is 2.27. The predicted octanol–water partition coefficient (Wildman–Crippen LogP) is 4.49. The molecule has 0 saturated carbocycles. The van der Waals surface area contributed by atoms with Gasteiger partial charge in [0.25, 0.3) is 5.91 Å². The minimum Gasteiger partial charge on any atom is -0.299 e. The molecule has 0 spiro atoms. The van der Waals surface area contributed by atoms with Crippen LogP contribution >= 0.6 is 0 Å². The van der Waals surface area contributed by atoms with E-state index in [-0.39, 0.29) is 11.2 Å². The van der Waals surface area contributed by atoms with Crippen LogP contribution in [0, 0.1) is 12.3 Å². The van der Waals surface area contributed by atoms with Gasteiger partial charge in [0.15, 0.2) is 0 Å². The van der Waals surface area contributed by atoms with E-state index in [0.717, 1.165) is 27.6 Å². The van der Waals surface area contributed by atoms with Gasteiger partial charge in [-0.3, -0.25) is 19.8 Å². The summed E-state index contributed by atoms with van der Waals surface area (Å²) in [4.78, 5) is 28.6. The number of pyridine rings is 1. The second kappa shape index (κ2) is 7.52. The Bertz CT molecular complexity index is 1070. The van der Waals surface area contributed by atoms with Crippen LogP contribution in [-0.2, 0) is 11.2 Å². The molecule has 2 N–H and O–H groups in total. The maximum atomic E-state index is 12.3. The van der Waals surface area contributed by atoms with Crippen LogP contribution in [0.4, 0.5) is 0 Å². The molecule has 3 aromatic rings. The van der Waals surface area contributed by atoms with Crippen molar-refractivity contribution in [2.45, 2.75) is 34.1 Å². The minimum atomic E-state index is -0.577. The lowest BCUT2D eigenvalue weighted by molar-refractivity contribution is -0.125. The number of nitrogens with one attached hydrogen (secondary N) is 1. The fourth-order valence-corrected chi connectivity index (χ4v) is 3.04. The van der Waals surface area contributed by atoms with E-state index in [0.29, 0.717) is 17.7 Å². The largest absolute Gasteiger partial charge is 0.299 e. The quantitative estimate of drug-likeness (QED) is 0.519. The molecule has 3 rings (SSSR count). The number of carbonyl (C=O) groups is 2. The molecule has 1 aromatic heterocycles. The molecule has 0 fully saturated rings. The summed E-state index contributed by atoms with van der Waals surface area (Å²) in [6.45, 7) is 7.53. The molecule has 0 radical (unpaired) electrons. The van der Waals surface area contributed by atoms with Gasteiger partial charge >= 0.3 is 0 Å². The summed E-state index contributed by atoms with van der Waals surface area (Å²) < 4.78 is 0. The van der Waals surface area contributed by atoms with Crippen LogP contribution in [0.25, 0.3) is 22.0 Å². The highest BCUT2D eigenvalue weighted by Gasteiger charge is 2.21. The summed E-state index contributed by atoms with van der Waals surface area (Å²) >= 11 is 0. The van der Waals surface area contributed by atoms with E-state index >= 15 is 0 Å². The molecule has 0 unspecified atom stereocenters. The van der Waals surface area contributed by atoms with E-state index in [1.54, 1.807) is 18.5 Å². The Hall–Kier alpha value is -3.05. The van der Waals surface area contributed by atoms with E-state index in [2.05, 4.69) is 4.98 Å². The summed E-state index contributed by atoms with van der Waals surface area (Å²) in [7, 11) is 0. The lowest BCUT2D eigenvalue weighted by Gasteiger charge is -2.16. The lowest BCUT2D eigenvalue weighted by atomic mass is 9.86. The highest BCUT2D eigenvalue weighted by atomic mass is 16.5. The minimum absolute atomic E-state index is 0.204. The zero-order valence-corrected chi connectivity index (χ0v) is 16.5. The molecular formula is C23H24N2O3. The van der Waals surface area contributed by atoms with Crippen LogP contribution < -0.4 is 5.48 Å². The molecule has 0 aliphatic heterocycles. The number of ketones is 1. The van der Waals surface area contributed by atoms with E-state index in [9.17, 15) is 9.59 Å². The SMILES string of the molecule is Cc1nc2cc(-c3cccc(CC(=O)C(C)(C)C)c3)ccc2cc1C(=O)NO. The average molecular weight is 376 g/mol. The van der Waals surface area contributed by atoms with Crippen molar-refractivity contribution >= 4 is 22.6 Å². The van der Waals surface area contributed by atoms with Crippen LogP contribution in [0.1, 0.15) is 42.4 Å². The Morgan fingerprint density at radius 1 is 1.04 bits per heavy atom. The maximum Gasteiger partial charge on any atom is 0.276 e. The van der Waals surface area contributed by atoms with Gasteiger partial charge in [0, 0.05) is 17.2 Å². The van der Waals surface area contributed by atoms with Gasteiger partial charge in [0.2, 0.25) is 0 Å². The number of fused-ring (bicyclic) bond motifs is 1. The monoisotopic (exact) mass is 376 g/mol. The van der Waals surface area contributed by atoms with Crippen molar-refractivity contribution in [3.63, 3.8) is 0 Å². The summed E-state index contributed by atoms with van der Waals surface area (Å²) in [6.07, 6.45) is 0.405. The van der Waals surface area contributed by atoms with E-state index in [1.807, 2.05) is 63.2 Å². The van der Waals surface area contributed by atoms with Gasteiger partial charge in [-0.2, -0.15) is 0 Å². The number of hydrogen-bond acceptors (Lipinski definition) is 4. The van der Waals surface area contributed by atoms with E-state index < -0.39 is 5.91 Å². The second-order valence-corrected chi connectivity index (χ2v) is 8.02. The number of hydrogen-bond donors (Lipinski definition) is 2. The maximum absolute atomic E-state index is 12.3. The average Bonchev–Trinajstić information content (AvgIpc) is 2.65. The Kier molecular flexibility index (Phi) is 5.29. The van der Waals surface area contributed by atoms with Crippen LogP contribution in [-0.4, -0.2) is 21.9 Å². The Balaban J connectivity index is 1.97. The normalized spacial score (nSPS) is 11.5. The van der Waals surface area contributed by atoms with Gasteiger partial charge in [-0.05, 0) is 35.7 Å². The van der Waals surface area contributed by atoms with Gasteiger partial charge < -0.3 is 0 Å². The molecule has 1 heterocycles. The fourth-order valence-electron chi connectivity index (χ4n) is 3.04. The molecule has 2 aromatic carbocycles. The van der Waals surface area contributed by atoms with Crippen molar-refractivity contribution < 1.29 is 14.8 Å². The third kappa shape index (κ3) is 4.10. The third-order valence-corrected chi connectivity index (χ3v) is 4.82. The summed E-state index contributed by atoms with van der Waals surface area (Å²) in [5.41, 5.74) is 5.92. The molecule has 28 heavy (non-hydrogen) atoms. The molecule has 0 bridgehead atoms. The zero-order chi connectivity index (χ0) is 20.5. The lowest BCUT2D eigenvalue weighted by Crippen LogP contribution is -2.22. The molecule has 0 saturated heterocycles. The number of amides is 1. The van der Waals surface area contributed by atoms with Crippen LogP contribution in [0.2, 0.25) is 0 Å². The third-order valence-electron chi connectivity index (χ3n) is 4.82. The number of aryl methyl sites for hydroxylation is 1. The Morgan fingerprint density at radius 3 is 2.43 bits per heavy atom. The topological polar surface area (TPSA) is 79.3 Å². The smallest absolute Gasteiger partial charge is 0.276 e. The molecule has 5 nitrogen and oxygen atoms in total. The van der Waals surface area contributed by atoms with Crippen molar-refractivity contribution in [1.82, 2.24) is 10.5 Å². The number of hydroxylamine groups is 1. The van der Waals surface area contributed by atoms with E-state index in [4.69, 9.17) is 5.21 Å². The number of Topliss-reactive ketones (excluding diaryl/α,β-unsaturated/α-hetero) is 1. The number of aromatic nitrogens is 1. The van der Waals surface area contributed by atoms with Crippen LogP contribution in [0.5, 0.6) is 0 Å². The first-order valence-corrected chi connectivity index (χ1v) is 9.17. The number of rotatable bonds is 4. The van der Waals surface area contributed by atoms with Crippen molar-refractivity contribution in [1.29, 1.82) is 0 Å². The predicted molar refractivity (Wildman–Crippen MR) is 109 cm³/mol. The van der Waals surface area contributed by atoms with E-state index in [1.165, 1.54) is 0 Å². The molecule has 1 amide bonds. The van der Waals surface area contributed by atoms with Gasteiger partial charge in [-0.15, -0.1) is 0 Å². The number of benzene rings is 2.